The molecular formula is C18H27ClN2. The average molecular weight is 307 g/mol. The summed E-state index contributed by atoms with van der Waals surface area (Å²) in [5, 5.41) is 4.44. The number of benzene rings is 1. The van der Waals surface area contributed by atoms with Crippen molar-refractivity contribution in [2.24, 2.45) is 5.92 Å². The van der Waals surface area contributed by atoms with Crippen LogP contribution in [0, 0.1) is 12.8 Å². The zero-order valence-corrected chi connectivity index (χ0v) is 13.8. The summed E-state index contributed by atoms with van der Waals surface area (Å²) in [7, 11) is 0. The second-order valence-corrected chi connectivity index (χ2v) is 7.01. The second-order valence-electron chi connectivity index (χ2n) is 6.60. The minimum absolute atomic E-state index is 0.515. The first-order valence-electron chi connectivity index (χ1n) is 8.47. The second kappa shape index (κ2) is 7.13. The third-order valence-electron chi connectivity index (χ3n) is 5.21. The van der Waals surface area contributed by atoms with Crippen LogP contribution in [0.2, 0.25) is 5.02 Å². The Morgan fingerprint density at radius 1 is 1.14 bits per heavy atom. The van der Waals surface area contributed by atoms with Gasteiger partial charge in [0.1, 0.15) is 0 Å². The van der Waals surface area contributed by atoms with Gasteiger partial charge in [-0.25, -0.2) is 0 Å². The van der Waals surface area contributed by atoms with Gasteiger partial charge < -0.3 is 5.32 Å². The number of halogens is 1. The molecule has 1 aromatic rings. The molecule has 21 heavy (non-hydrogen) atoms. The monoisotopic (exact) mass is 306 g/mol. The Bertz CT molecular complexity index is 424. The summed E-state index contributed by atoms with van der Waals surface area (Å²) < 4.78 is 0. The van der Waals surface area contributed by atoms with E-state index in [9.17, 15) is 0 Å². The van der Waals surface area contributed by atoms with Crippen molar-refractivity contribution in [2.75, 3.05) is 26.2 Å². The average Bonchev–Trinajstić information content (AvgIpc) is 2.53. The van der Waals surface area contributed by atoms with Gasteiger partial charge in [-0.3, -0.25) is 4.90 Å². The highest BCUT2D eigenvalue weighted by atomic mass is 35.5. The quantitative estimate of drug-likeness (QED) is 0.901. The van der Waals surface area contributed by atoms with Gasteiger partial charge in [0.05, 0.1) is 0 Å². The maximum absolute atomic E-state index is 6.62. The van der Waals surface area contributed by atoms with Crippen molar-refractivity contribution in [1.29, 1.82) is 0 Å². The minimum atomic E-state index is 0.515. The van der Waals surface area contributed by atoms with Crippen molar-refractivity contribution in [3.05, 3.63) is 34.3 Å². The molecule has 2 aliphatic rings. The molecule has 1 saturated heterocycles. The maximum Gasteiger partial charge on any atom is 0.0456 e. The molecule has 0 spiro atoms. The van der Waals surface area contributed by atoms with Crippen LogP contribution >= 0.6 is 11.6 Å². The van der Waals surface area contributed by atoms with E-state index in [1.807, 2.05) is 0 Å². The molecule has 1 aliphatic carbocycles. The highest BCUT2D eigenvalue weighted by molar-refractivity contribution is 6.31. The summed E-state index contributed by atoms with van der Waals surface area (Å²) in [5.41, 5.74) is 2.75. The Morgan fingerprint density at radius 2 is 1.86 bits per heavy atom. The van der Waals surface area contributed by atoms with Crippen LogP contribution < -0.4 is 5.32 Å². The van der Waals surface area contributed by atoms with E-state index in [4.69, 9.17) is 11.6 Å². The van der Waals surface area contributed by atoms with Crippen molar-refractivity contribution in [2.45, 2.75) is 45.1 Å². The molecule has 1 saturated carbocycles. The highest BCUT2D eigenvalue weighted by Gasteiger charge is 2.32. The molecule has 0 radical (unpaired) electrons. The van der Waals surface area contributed by atoms with Crippen LogP contribution in [-0.2, 0) is 0 Å². The first-order chi connectivity index (χ1) is 10.3. The molecule has 0 bridgehead atoms. The van der Waals surface area contributed by atoms with Gasteiger partial charge in [-0.1, -0.05) is 43.0 Å². The molecule has 2 fully saturated rings. The third kappa shape index (κ3) is 3.44. The van der Waals surface area contributed by atoms with Crippen LogP contribution in [0.5, 0.6) is 0 Å². The molecular weight excluding hydrogens is 280 g/mol. The lowest BCUT2D eigenvalue weighted by atomic mass is 9.79. The third-order valence-corrected chi connectivity index (χ3v) is 5.54. The molecule has 2 nitrogen and oxygen atoms in total. The number of nitrogens with one attached hydrogen (secondary N) is 1. The summed E-state index contributed by atoms with van der Waals surface area (Å²) in [6, 6.07) is 6.89. The van der Waals surface area contributed by atoms with Crippen molar-refractivity contribution in [1.82, 2.24) is 10.2 Å². The van der Waals surface area contributed by atoms with E-state index in [0.29, 0.717) is 6.04 Å². The SMILES string of the molecule is Cc1cccc(Cl)c1[C@H](C1CCCCC1)N1CCNCC1. The molecule has 0 amide bonds. The first-order valence-corrected chi connectivity index (χ1v) is 8.85. The lowest BCUT2D eigenvalue weighted by molar-refractivity contribution is 0.103. The number of rotatable bonds is 3. The Labute approximate surface area is 133 Å². The van der Waals surface area contributed by atoms with E-state index in [1.165, 1.54) is 43.2 Å². The molecule has 1 N–H and O–H groups in total. The fraction of sp³-hybridized carbons (Fsp3) is 0.667. The van der Waals surface area contributed by atoms with Gasteiger partial charge in [0, 0.05) is 37.2 Å². The van der Waals surface area contributed by atoms with Crippen LogP contribution in [0.3, 0.4) is 0 Å². The lowest BCUT2D eigenvalue weighted by Crippen LogP contribution is -2.47. The summed E-state index contributed by atoms with van der Waals surface area (Å²) in [6.45, 7) is 6.72. The van der Waals surface area contributed by atoms with E-state index in [0.717, 1.165) is 37.1 Å². The maximum atomic E-state index is 6.62. The lowest BCUT2D eigenvalue weighted by Gasteiger charge is -2.42. The number of aryl methyl sites for hydroxylation is 1. The van der Waals surface area contributed by atoms with Gasteiger partial charge in [0.15, 0.2) is 0 Å². The largest absolute Gasteiger partial charge is 0.314 e. The van der Waals surface area contributed by atoms with E-state index >= 15 is 0 Å². The van der Waals surface area contributed by atoms with Crippen molar-refractivity contribution < 1.29 is 0 Å². The van der Waals surface area contributed by atoms with Gasteiger partial charge >= 0.3 is 0 Å². The molecule has 1 heterocycles. The fourth-order valence-corrected chi connectivity index (χ4v) is 4.48. The van der Waals surface area contributed by atoms with Gasteiger partial charge in [-0.2, -0.15) is 0 Å². The van der Waals surface area contributed by atoms with E-state index in [-0.39, 0.29) is 0 Å². The Morgan fingerprint density at radius 3 is 2.52 bits per heavy atom. The molecule has 116 valence electrons. The normalized spacial score (nSPS) is 23.1. The van der Waals surface area contributed by atoms with Crippen LogP contribution in [-0.4, -0.2) is 31.1 Å². The van der Waals surface area contributed by atoms with Gasteiger partial charge in [0.2, 0.25) is 0 Å². The Kier molecular flexibility index (Phi) is 5.20. The smallest absolute Gasteiger partial charge is 0.0456 e. The summed E-state index contributed by atoms with van der Waals surface area (Å²) in [5.74, 6) is 0.774. The predicted molar refractivity (Wildman–Crippen MR) is 89.9 cm³/mol. The van der Waals surface area contributed by atoms with Gasteiger partial charge in [-0.05, 0) is 42.9 Å². The van der Waals surface area contributed by atoms with Crippen LogP contribution in [0.4, 0.5) is 0 Å². The molecule has 3 heteroatoms. The topological polar surface area (TPSA) is 15.3 Å². The molecule has 1 aromatic carbocycles. The number of nitrogens with zero attached hydrogens (tertiary/aromatic N) is 1. The van der Waals surface area contributed by atoms with Crippen molar-refractivity contribution >= 4 is 11.6 Å². The van der Waals surface area contributed by atoms with Crippen molar-refractivity contribution in [3.63, 3.8) is 0 Å². The summed E-state index contributed by atoms with van der Waals surface area (Å²) in [4.78, 5) is 2.68. The van der Waals surface area contributed by atoms with Crippen LogP contribution in [0.15, 0.2) is 18.2 Å². The van der Waals surface area contributed by atoms with Crippen molar-refractivity contribution in [3.8, 4) is 0 Å². The number of hydrogen-bond acceptors (Lipinski definition) is 2. The molecule has 3 rings (SSSR count). The summed E-state index contributed by atoms with van der Waals surface area (Å²) in [6.07, 6.45) is 6.90. The van der Waals surface area contributed by atoms with Gasteiger partial charge in [-0.15, -0.1) is 0 Å². The van der Waals surface area contributed by atoms with Crippen LogP contribution in [0.1, 0.15) is 49.3 Å². The fourth-order valence-electron chi connectivity index (χ4n) is 4.15. The molecule has 1 aliphatic heterocycles. The van der Waals surface area contributed by atoms with E-state index in [2.05, 4.69) is 35.3 Å². The molecule has 1 atom stereocenters. The Hall–Kier alpha value is -0.570. The predicted octanol–water partition coefficient (Wildman–Crippen LogP) is 4.18. The van der Waals surface area contributed by atoms with E-state index in [1.54, 1.807) is 0 Å². The zero-order valence-electron chi connectivity index (χ0n) is 13.1. The number of piperazine rings is 1. The first kappa shape index (κ1) is 15.3. The van der Waals surface area contributed by atoms with Gasteiger partial charge in [0.25, 0.3) is 0 Å². The standard InChI is InChI=1S/C18H27ClN2/c1-14-6-5-9-16(19)17(14)18(15-7-3-2-4-8-15)21-12-10-20-11-13-21/h5-6,9,15,18,20H,2-4,7-8,10-13H2,1H3/t18-/m0/s1. The molecule has 0 aromatic heterocycles. The summed E-state index contributed by atoms with van der Waals surface area (Å²) >= 11 is 6.62. The molecule has 0 unspecified atom stereocenters. The van der Waals surface area contributed by atoms with Crippen LogP contribution in [0.25, 0.3) is 0 Å². The zero-order chi connectivity index (χ0) is 14.7. The Balaban J connectivity index is 1.94. The van der Waals surface area contributed by atoms with E-state index < -0.39 is 0 Å². The number of hydrogen-bond donors (Lipinski definition) is 1. The highest BCUT2D eigenvalue weighted by Crippen LogP contribution is 2.42. The minimum Gasteiger partial charge on any atom is -0.314 e.